The molecule has 15 heavy (non-hydrogen) atoms. The Balaban J connectivity index is 2.23. The molecule has 1 aliphatic rings. The Kier molecular flexibility index (Phi) is 3.15. The summed E-state index contributed by atoms with van der Waals surface area (Å²) in [5, 5.41) is 0. The Morgan fingerprint density at radius 1 is 1.33 bits per heavy atom. The van der Waals surface area contributed by atoms with Gasteiger partial charge >= 0.3 is 0 Å². The van der Waals surface area contributed by atoms with Gasteiger partial charge in [-0.2, -0.15) is 11.8 Å². The van der Waals surface area contributed by atoms with Crippen LogP contribution in [0.1, 0.15) is 35.2 Å². The van der Waals surface area contributed by atoms with E-state index in [2.05, 4.69) is 18.4 Å². The minimum absolute atomic E-state index is 0.404. The van der Waals surface area contributed by atoms with Gasteiger partial charge in [0.2, 0.25) is 0 Å². The van der Waals surface area contributed by atoms with E-state index in [1.165, 1.54) is 30.6 Å². The summed E-state index contributed by atoms with van der Waals surface area (Å²) < 4.78 is 0. The van der Waals surface area contributed by atoms with Crippen molar-refractivity contribution in [2.24, 2.45) is 0 Å². The number of carbonyl (C=O) groups excluding carboxylic acids is 1. The van der Waals surface area contributed by atoms with Crippen molar-refractivity contribution in [3.8, 4) is 0 Å². The fourth-order valence-electron chi connectivity index (χ4n) is 2.31. The summed E-state index contributed by atoms with van der Waals surface area (Å²) in [5.74, 6) is 1.20. The van der Waals surface area contributed by atoms with E-state index in [0.29, 0.717) is 5.41 Å². The van der Waals surface area contributed by atoms with Gasteiger partial charge in [-0.1, -0.05) is 30.7 Å². The molecule has 0 aliphatic heterocycles. The van der Waals surface area contributed by atoms with Gasteiger partial charge in [-0.15, -0.1) is 0 Å². The van der Waals surface area contributed by atoms with Crippen LogP contribution in [0.5, 0.6) is 0 Å². The third-order valence-corrected chi connectivity index (χ3v) is 4.23. The molecule has 0 amide bonds. The van der Waals surface area contributed by atoms with E-state index in [-0.39, 0.29) is 0 Å². The van der Waals surface area contributed by atoms with Crippen LogP contribution < -0.4 is 0 Å². The highest BCUT2D eigenvalue weighted by Crippen LogP contribution is 2.45. The number of carbonyl (C=O) groups is 1. The maximum absolute atomic E-state index is 10.6. The summed E-state index contributed by atoms with van der Waals surface area (Å²) in [7, 11) is 0. The lowest BCUT2D eigenvalue weighted by molar-refractivity contribution is 0.112. The molecule has 0 spiro atoms. The van der Waals surface area contributed by atoms with Crippen LogP contribution in [-0.4, -0.2) is 18.3 Å². The molecule has 0 aromatic heterocycles. The first kappa shape index (κ1) is 10.7. The molecular weight excluding hydrogens is 204 g/mol. The quantitative estimate of drug-likeness (QED) is 0.724. The Bertz CT molecular complexity index is 338. The van der Waals surface area contributed by atoms with Crippen LogP contribution in [0.25, 0.3) is 0 Å². The molecule has 1 aromatic rings. The summed E-state index contributed by atoms with van der Waals surface area (Å²) in [6, 6.07) is 8.11. The van der Waals surface area contributed by atoms with Crippen molar-refractivity contribution in [2.45, 2.75) is 24.7 Å². The molecule has 2 rings (SSSR count). The van der Waals surface area contributed by atoms with Gasteiger partial charge in [0, 0.05) is 16.7 Å². The smallest absolute Gasteiger partial charge is 0.150 e. The average molecular weight is 220 g/mol. The molecule has 0 saturated heterocycles. The van der Waals surface area contributed by atoms with Gasteiger partial charge in [-0.25, -0.2) is 0 Å². The summed E-state index contributed by atoms with van der Waals surface area (Å²) in [5.41, 5.74) is 2.59. The molecular formula is C13H16OS. The molecule has 0 atom stereocenters. The largest absolute Gasteiger partial charge is 0.298 e. The van der Waals surface area contributed by atoms with Crippen LogP contribution in [0.15, 0.2) is 24.3 Å². The van der Waals surface area contributed by atoms with Gasteiger partial charge in [0.05, 0.1) is 0 Å². The molecule has 0 heterocycles. The maximum atomic E-state index is 10.6. The Hall–Kier alpha value is -0.760. The minimum Gasteiger partial charge on any atom is -0.298 e. The van der Waals surface area contributed by atoms with Gasteiger partial charge in [0.25, 0.3) is 0 Å². The molecule has 1 fully saturated rings. The first-order valence-electron chi connectivity index (χ1n) is 5.35. The van der Waals surface area contributed by atoms with Crippen LogP contribution >= 0.6 is 11.8 Å². The zero-order chi connectivity index (χ0) is 10.7. The molecule has 0 N–H and O–H groups in total. The molecule has 1 nitrogen and oxygen atoms in total. The summed E-state index contributed by atoms with van der Waals surface area (Å²) >= 11 is 1.92. The van der Waals surface area contributed by atoms with Gasteiger partial charge in [0.15, 0.2) is 0 Å². The zero-order valence-electron chi connectivity index (χ0n) is 9.03. The highest BCUT2D eigenvalue weighted by atomic mass is 32.2. The highest BCUT2D eigenvalue weighted by molar-refractivity contribution is 7.98. The SMILES string of the molecule is CSCC1(c2ccc(C=O)cc2)CCC1. The molecule has 80 valence electrons. The van der Waals surface area contributed by atoms with Crippen LogP contribution in [0.2, 0.25) is 0 Å². The zero-order valence-corrected chi connectivity index (χ0v) is 9.85. The van der Waals surface area contributed by atoms with Crippen molar-refractivity contribution in [1.29, 1.82) is 0 Å². The van der Waals surface area contributed by atoms with Crippen molar-refractivity contribution < 1.29 is 4.79 Å². The number of aldehydes is 1. The van der Waals surface area contributed by atoms with Gasteiger partial charge < -0.3 is 0 Å². The summed E-state index contributed by atoms with van der Waals surface area (Å²) in [6.07, 6.45) is 7.02. The molecule has 1 saturated carbocycles. The van der Waals surface area contributed by atoms with Crippen molar-refractivity contribution in [3.63, 3.8) is 0 Å². The second kappa shape index (κ2) is 4.40. The van der Waals surface area contributed by atoms with Crippen molar-refractivity contribution in [1.82, 2.24) is 0 Å². The standard InChI is InChI=1S/C13H16OS/c1-15-10-13(7-2-8-13)12-5-3-11(9-14)4-6-12/h3-6,9H,2,7-8,10H2,1H3. The first-order valence-corrected chi connectivity index (χ1v) is 6.75. The van der Waals surface area contributed by atoms with Crippen LogP contribution in [0, 0.1) is 0 Å². The van der Waals surface area contributed by atoms with E-state index in [1.54, 1.807) is 0 Å². The van der Waals surface area contributed by atoms with E-state index in [4.69, 9.17) is 0 Å². The van der Waals surface area contributed by atoms with E-state index in [1.807, 2.05) is 23.9 Å². The number of hydrogen-bond acceptors (Lipinski definition) is 2. The van der Waals surface area contributed by atoms with Crippen LogP contribution in [-0.2, 0) is 5.41 Å². The Morgan fingerprint density at radius 3 is 2.40 bits per heavy atom. The number of hydrogen-bond donors (Lipinski definition) is 0. The predicted molar refractivity (Wildman–Crippen MR) is 65.7 cm³/mol. The van der Waals surface area contributed by atoms with E-state index >= 15 is 0 Å². The summed E-state index contributed by atoms with van der Waals surface area (Å²) in [4.78, 5) is 10.6. The normalized spacial score (nSPS) is 18.2. The fourth-order valence-corrected chi connectivity index (χ4v) is 3.32. The third kappa shape index (κ3) is 1.96. The van der Waals surface area contributed by atoms with Crippen molar-refractivity contribution >= 4 is 18.0 Å². The van der Waals surface area contributed by atoms with Gasteiger partial charge in [0.1, 0.15) is 6.29 Å². The van der Waals surface area contributed by atoms with Crippen LogP contribution in [0.3, 0.4) is 0 Å². The average Bonchev–Trinajstić information content (AvgIpc) is 2.24. The Labute approximate surface area is 95.3 Å². The third-order valence-electron chi connectivity index (χ3n) is 3.39. The topological polar surface area (TPSA) is 17.1 Å². The van der Waals surface area contributed by atoms with Gasteiger partial charge in [-0.05, 0) is 24.7 Å². The fraction of sp³-hybridized carbons (Fsp3) is 0.462. The lowest BCUT2D eigenvalue weighted by Gasteiger charge is -2.42. The monoisotopic (exact) mass is 220 g/mol. The highest BCUT2D eigenvalue weighted by Gasteiger charge is 2.37. The molecule has 1 aliphatic carbocycles. The van der Waals surface area contributed by atoms with E-state index in [9.17, 15) is 4.79 Å². The lowest BCUT2D eigenvalue weighted by Crippen LogP contribution is -2.36. The maximum Gasteiger partial charge on any atom is 0.150 e. The predicted octanol–water partition coefficient (Wildman–Crippen LogP) is 3.28. The van der Waals surface area contributed by atoms with E-state index in [0.717, 1.165) is 11.8 Å². The molecule has 0 bridgehead atoms. The van der Waals surface area contributed by atoms with Crippen molar-refractivity contribution in [3.05, 3.63) is 35.4 Å². The van der Waals surface area contributed by atoms with Crippen LogP contribution in [0.4, 0.5) is 0 Å². The van der Waals surface area contributed by atoms with E-state index < -0.39 is 0 Å². The molecule has 0 radical (unpaired) electrons. The molecule has 2 heteroatoms. The van der Waals surface area contributed by atoms with Crippen molar-refractivity contribution in [2.75, 3.05) is 12.0 Å². The summed E-state index contributed by atoms with van der Waals surface area (Å²) in [6.45, 7) is 0. The number of thioether (sulfide) groups is 1. The van der Waals surface area contributed by atoms with Gasteiger partial charge in [-0.3, -0.25) is 4.79 Å². The second-order valence-corrected chi connectivity index (χ2v) is 5.17. The molecule has 1 aromatic carbocycles. The minimum atomic E-state index is 0.404. The Morgan fingerprint density at radius 2 is 2.00 bits per heavy atom. The number of rotatable bonds is 4. The second-order valence-electron chi connectivity index (χ2n) is 4.31. The first-order chi connectivity index (χ1) is 7.30. The number of benzene rings is 1. The molecule has 0 unspecified atom stereocenters. The lowest BCUT2D eigenvalue weighted by atomic mass is 9.66.